The van der Waals surface area contributed by atoms with Gasteiger partial charge in [-0.25, -0.2) is 0 Å². The van der Waals surface area contributed by atoms with Crippen LogP contribution in [-0.2, 0) is 6.54 Å². The Bertz CT molecular complexity index is 323. The molecule has 0 spiro atoms. The highest BCUT2D eigenvalue weighted by Crippen LogP contribution is 2.10. The smallest absolute Gasteiger partial charge is 0.0930 e. The number of likely N-dealkylation sites (N-methyl/N-ethyl adjacent to an activating group) is 1. The van der Waals surface area contributed by atoms with Crippen molar-refractivity contribution in [3.8, 4) is 0 Å². The third-order valence-electron chi connectivity index (χ3n) is 2.45. The molecular weight excluding hydrogens is 192 g/mol. The van der Waals surface area contributed by atoms with E-state index >= 15 is 0 Å². The van der Waals surface area contributed by atoms with E-state index in [1.54, 1.807) is 0 Å². The molecule has 2 rings (SSSR count). The third-order valence-corrected chi connectivity index (χ3v) is 2.89. The van der Waals surface area contributed by atoms with E-state index < -0.39 is 0 Å². The van der Waals surface area contributed by atoms with Crippen molar-refractivity contribution in [1.29, 1.82) is 0 Å². The molecule has 0 bridgehead atoms. The second-order valence-electron chi connectivity index (χ2n) is 3.71. The average molecular weight is 206 g/mol. The first-order chi connectivity index (χ1) is 6.75. The monoisotopic (exact) mass is 206 g/mol. The second-order valence-corrected chi connectivity index (χ2v) is 4.18. The summed E-state index contributed by atoms with van der Waals surface area (Å²) >= 11 is 5.22. The molecule has 74 valence electrons. The predicted octanol–water partition coefficient (Wildman–Crippen LogP) is 1.72. The summed E-state index contributed by atoms with van der Waals surface area (Å²) in [6.45, 7) is 2.86. The van der Waals surface area contributed by atoms with Gasteiger partial charge in [-0.1, -0.05) is 42.5 Å². The Morgan fingerprint density at radius 3 is 2.57 bits per heavy atom. The highest BCUT2D eigenvalue weighted by atomic mass is 32.1. The van der Waals surface area contributed by atoms with E-state index in [1.807, 2.05) is 13.1 Å². The maximum absolute atomic E-state index is 5.22. The SMILES string of the molecule is CN1CN(Cc2ccccc2)CC1=S. The molecule has 0 atom stereocenters. The maximum Gasteiger partial charge on any atom is 0.0930 e. The Morgan fingerprint density at radius 1 is 1.29 bits per heavy atom. The van der Waals surface area contributed by atoms with Crippen molar-refractivity contribution in [3.05, 3.63) is 35.9 Å². The fourth-order valence-electron chi connectivity index (χ4n) is 1.69. The first-order valence-corrected chi connectivity index (χ1v) is 5.17. The van der Waals surface area contributed by atoms with Crippen molar-refractivity contribution >= 4 is 17.2 Å². The number of thiocarbonyl (C=S) groups is 1. The van der Waals surface area contributed by atoms with Crippen LogP contribution >= 0.6 is 12.2 Å². The third kappa shape index (κ3) is 2.11. The molecule has 1 aromatic carbocycles. The Morgan fingerprint density at radius 2 is 2.00 bits per heavy atom. The molecule has 0 aliphatic carbocycles. The van der Waals surface area contributed by atoms with Gasteiger partial charge in [0.05, 0.1) is 18.2 Å². The molecule has 14 heavy (non-hydrogen) atoms. The summed E-state index contributed by atoms with van der Waals surface area (Å²) in [4.78, 5) is 5.51. The van der Waals surface area contributed by atoms with Crippen LogP contribution in [0, 0.1) is 0 Å². The molecule has 1 heterocycles. The quantitative estimate of drug-likeness (QED) is 0.680. The van der Waals surface area contributed by atoms with Crippen LogP contribution in [0.1, 0.15) is 5.56 Å². The average Bonchev–Trinajstić information content (AvgIpc) is 2.47. The van der Waals surface area contributed by atoms with Gasteiger partial charge in [0.15, 0.2) is 0 Å². The normalized spacial score (nSPS) is 17.8. The van der Waals surface area contributed by atoms with E-state index in [0.717, 1.165) is 24.7 Å². The van der Waals surface area contributed by atoms with Crippen molar-refractivity contribution in [2.24, 2.45) is 0 Å². The number of hydrogen-bond donors (Lipinski definition) is 0. The van der Waals surface area contributed by atoms with E-state index in [9.17, 15) is 0 Å². The summed E-state index contributed by atoms with van der Waals surface area (Å²) < 4.78 is 0. The molecule has 0 N–H and O–H groups in total. The number of benzene rings is 1. The van der Waals surface area contributed by atoms with Crippen LogP contribution in [0.2, 0.25) is 0 Å². The van der Waals surface area contributed by atoms with E-state index in [-0.39, 0.29) is 0 Å². The summed E-state index contributed by atoms with van der Waals surface area (Å²) in [5, 5.41) is 0. The zero-order valence-electron chi connectivity index (χ0n) is 8.31. The first kappa shape index (κ1) is 9.62. The van der Waals surface area contributed by atoms with Crippen molar-refractivity contribution in [2.75, 3.05) is 20.3 Å². The van der Waals surface area contributed by atoms with Gasteiger partial charge in [0.1, 0.15) is 0 Å². The minimum Gasteiger partial charge on any atom is -0.355 e. The standard InChI is InChI=1S/C11H14N2S/c1-12-9-13(8-11(12)14)7-10-5-3-2-4-6-10/h2-6H,7-9H2,1H3. The van der Waals surface area contributed by atoms with E-state index in [4.69, 9.17) is 12.2 Å². The Balaban J connectivity index is 1.97. The molecule has 2 nitrogen and oxygen atoms in total. The van der Waals surface area contributed by atoms with Gasteiger partial charge in [0, 0.05) is 13.6 Å². The lowest BCUT2D eigenvalue weighted by molar-refractivity contribution is 0.274. The van der Waals surface area contributed by atoms with Gasteiger partial charge in [-0.3, -0.25) is 4.90 Å². The van der Waals surface area contributed by atoms with Gasteiger partial charge in [-0.15, -0.1) is 0 Å². The molecule has 1 aliphatic heterocycles. The minimum absolute atomic E-state index is 0.917. The molecule has 3 heteroatoms. The lowest BCUT2D eigenvalue weighted by Gasteiger charge is -2.14. The fourth-order valence-corrected chi connectivity index (χ4v) is 1.93. The lowest BCUT2D eigenvalue weighted by atomic mass is 10.2. The van der Waals surface area contributed by atoms with Crippen LogP contribution in [0.3, 0.4) is 0 Å². The van der Waals surface area contributed by atoms with E-state index in [2.05, 4.69) is 34.1 Å². The second kappa shape index (κ2) is 4.07. The minimum atomic E-state index is 0.917. The van der Waals surface area contributed by atoms with Crippen molar-refractivity contribution in [2.45, 2.75) is 6.54 Å². The van der Waals surface area contributed by atoms with Crippen LogP contribution < -0.4 is 0 Å². The first-order valence-electron chi connectivity index (χ1n) is 4.76. The van der Waals surface area contributed by atoms with Crippen LogP contribution in [0.15, 0.2) is 30.3 Å². The van der Waals surface area contributed by atoms with Gasteiger partial charge in [0.25, 0.3) is 0 Å². The molecule has 1 fully saturated rings. The molecule has 1 aliphatic rings. The van der Waals surface area contributed by atoms with Gasteiger partial charge < -0.3 is 4.90 Å². The zero-order valence-corrected chi connectivity index (χ0v) is 9.13. The fraction of sp³-hybridized carbons (Fsp3) is 0.364. The Kier molecular flexibility index (Phi) is 2.79. The predicted molar refractivity (Wildman–Crippen MR) is 62.1 cm³/mol. The van der Waals surface area contributed by atoms with Crippen LogP contribution in [-0.4, -0.2) is 35.0 Å². The number of hydrogen-bond acceptors (Lipinski definition) is 2. The van der Waals surface area contributed by atoms with E-state index in [0.29, 0.717) is 0 Å². The maximum atomic E-state index is 5.22. The largest absolute Gasteiger partial charge is 0.355 e. The van der Waals surface area contributed by atoms with Crippen molar-refractivity contribution in [3.63, 3.8) is 0 Å². The number of rotatable bonds is 2. The van der Waals surface area contributed by atoms with Gasteiger partial charge in [-0.2, -0.15) is 0 Å². The zero-order chi connectivity index (χ0) is 9.97. The molecule has 0 unspecified atom stereocenters. The molecule has 1 aromatic rings. The van der Waals surface area contributed by atoms with Crippen molar-refractivity contribution < 1.29 is 0 Å². The van der Waals surface area contributed by atoms with Crippen molar-refractivity contribution in [1.82, 2.24) is 9.80 Å². The topological polar surface area (TPSA) is 6.48 Å². The van der Waals surface area contributed by atoms with Crippen LogP contribution in [0.4, 0.5) is 0 Å². The Hall–Kier alpha value is -0.930. The molecule has 0 saturated carbocycles. The highest BCUT2D eigenvalue weighted by molar-refractivity contribution is 7.80. The molecular formula is C11H14N2S. The van der Waals surface area contributed by atoms with Gasteiger partial charge >= 0.3 is 0 Å². The summed E-state index contributed by atoms with van der Waals surface area (Å²) in [7, 11) is 2.05. The summed E-state index contributed by atoms with van der Waals surface area (Å²) in [5.74, 6) is 0. The molecule has 1 saturated heterocycles. The van der Waals surface area contributed by atoms with Gasteiger partial charge in [0.2, 0.25) is 0 Å². The van der Waals surface area contributed by atoms with Crippen LogP contribution in [0.5, 0.6) is 0 Å². The number of nitrogens with zero attached hydrogens (tertiary/aromatic N) is 2. The highest BCUT2D eigenvalue weighted by Gasteiger charge is 2.20. The summed E-state index contributed by atoms with van der Waals surface area (Å²) in [5.41, 5.74) is 1.35. The molecule has 0 amide bonds. The van der Waals surface area contributed by atoms with Crippen LogP contribution in [0.25, 0.3) is 0 Å². The van der Waals surface area contributed by atoms with E-state index in [1.165, 1.54) is 5.56 Å². The molecule has 0 aromatic heterocycles. The molecule has 0 radical (unpaired) electrons. The van der Waals surface area contributed by atoms with Gasteiger partial charge in [-0.05, 0) is 5.56 Å². The summed E-state index contributed by atoms with van der Waals surface area (Å²) in [6.07, 6.45) is 0. The lowest BCUT2D eigenvalue weighted by Crippen LogP contribution is -2.22. The summed E-state index contributed by atoms with van der Waals surface area (Å²) in [6, 6.07) is 10.5. The Labute approximate surface area is 90.1 Å².